The van der Waals surface area contributed by atoms with Gasteiger partial charge in [-0.05, 0) is 48.4 Å². The van der Waals surface area contributed by atoms with Crippen molar-refractivity contribution in [3.63, 3.8) is 0 Å². The molecule has 3 aromatic rings. The van der Waals surface area contributed by atoms with Gasteiger partial charge in [0.2, 0.25) is 5.91 Å². The van der Waals surface area contributed by atoms with Crippen molar-refractivity contribution in [3.05, 3.63) is 94.2 Å². The first-order valence-electron chi connectivity index (χ1n) is 12.3. The highest BCUT2D eigenvalue weighted by Crippen LogP contribution is 2.27. The molecular weight excluding hydrogens is 440 g/mol. The Hall–Kier alpha value is -3.67. The number of allylic oxidation sites excluding steroid dienone is 2. The van der Waals surface area contributed by atoms with Crippen molar-refractivity contribution in [2.24, 2.45) is 5.92 Å². The van der Waals surface area contributed by atoms with Gasteiger partial charge >= 0.3 is 11.7 Å². The van der Waals surface area contributed by atoms with Gasteiger partial charge in [-0.15, -0.1) is 0 Å². The lowest BCUT2D eigenvalue weighted by molar-refractivity contribution is 0.0697. The molecule has 182 valence electrons. The second-order valence-electron chi connectivity index (χ2n) is 9.28. The summed E-state index contributed by atoms with van der Waals surface area (Å²) in [5.74, 6) is -0.723. The van der Waals surface area contributed by atoms with Crippen molar-refractivity contribution in [1.29, 1.82) is 0 Å². The largest absolute Gasteiger partial charge is 0.478 e. The van der Waals surface area contributed by atoms with Crippen molar-refractivity contribution in [1.82, 2.24) is 9.13 Å². The topological polar surface area (TPSA) is 81.3 Å². The highest BCUT2D eigenvalue weighted by atomic mass is 16.4. The van der Waals surface area contributed by atoms with Crippen LogP contribution in [-0.4, -0.2) is 26.1 Å². The van der Waals surface area contributed by atoms with Crippen LogP contribution >= 0.6 is 0 Å². The van der Waals surface area contributed by atoms with E-state index in [4.69, 9.17) is 0 Å². The van der Waals surface area contributed by atoms with E-state index >= 15 is 0 Å². The Morgan fingerprint density at radius 1 is 1.03 bits per heavy atom. The van der Waals surface area contributed by atoms with Gasteiger partial charge in [0, 0.05) is 24.7 Å². The molecule has 0 amide bonds. The van der Waals surface area contributed by atoms with Gasteiger partial charge in [-0.1, -0.05) is 73.9 Å². The summed E-state index contributed by atoms with van der Waals surface area (Å²) in [6, 6.07) is 14.5. The summed E-state index contributed by atoms with van der Waals surface area (Å²) < 4.78 is 2.96. The molecule has 1 saturated carbocycles. The van der Waals surface area contributed by atoms with Gasteiger partial charge in [0.15, 0.2) is 0 Å². The van der Waals surface area contributed by atoms with E-state index in [-0.39, 0.29) is 17.2 Å². The summed E-state index contributed by atoms with van der Waals surface area (Å²) >= 11 is 0. The van der Waals surface area contributed by atoms with E-state index in [1.807, 2.05) is 49.4 Å². The van der Waals surface area contributed by atoms with Gasteiger partial charge in [-0.2, -0.15) is 0 Å². The summed E-state index contributed by atoms with van der Waals surface area (Å²) in [4.78, 5) is 37.8. The maximum absolute atomic E-state index is 13.3. The van der Waals surface area contributed by atoms with Crippen LogP contribution in [0.5, 0.6) is 0 Å². The van der Waals surface area contributed by atoms with Crippen molar-refractivity contribution >= 4 is 11.9 Å². The number of carboxylic acids is 1. The van der Waals surface area contributed by atoms with Crippen LogP contribution in [0.1, 0.15) is 71.9 Å². The van der Waals surface area contributed by atoms with Crippen LogP contribution < -0.4 is 5.69 Å². The molecule has 0 spiro atoms. The molecule has 1 aliphatic rings. The second-order valence-corrected chi connectivity index (χ2v) is 9.28. The SMILES string of the molecule is C/C=C/Cc1cn(C(=O)CC2CCCCC2)c(=O)n1Cc1ccc(-c2ccccc2C(=O)O)cc1. The first-order chi connectivity index (χ1) is 17.0. The summed E-state index contributed by atoms with van der Waals surface area (Å²) in [6.07, 6.45) is 12.3. The number of hydrogen-bond donors (Lipinski definition) is 1. The van der Waals surface area contributed by atoms with Crippen LogP contribution in [0.3, 0.4) is 0 Å². The fraction of sp³-hybridized carbons (Fsp3) is 0.345. The van der Waals surface area contributed by atoms with E-state index in [1.54, 1.807) is 29.0 Å². The lowest BCUT2D eigenvalue weighted by Gasteiger charge is -2.20. The number of carbonyl (C=O) groups is 2. The average molecular weight is 473 g/mol. The normalized spacial score (nSPS) is 14.4. The summed E-state index contributed by atoms with van der Waals surface area (Å²) in [5.41, 5.74) is 3.10. The monoisotopic (exact) mass is 472 g/mol. The first kappa shape index (κ1) is 24.5. The fourth-order valence-corrected chi connectivity index (χ4v) is 4.91. The molecule has 4 rings (SSSR count). The molecule has 1 heterocycles. The predicted molar refractivity (Wildman–Crippen MR) is 137 cm³/mol. The standard InChI is InChI=1S/C29H32N2O4/c1-2-3-11-24-20-31(27(32)18-21-9-5-4-6-10-21)29(35)30(24)19-22-14-16-23(17-15-22)25-12-7-8-13-26(25)28(33)34/h2-3,7-8,12-17,20-21H,4-6,9-11,18-19H2,1H3,(H,33,34)/b3-2+. The second kappa shape index (κ2) is 11.2. The minimum atomic E-state index is -0.968. The molecule has 1 N–H and O–H groups in total. The number of benzene rings is 2. The third kappa shape index (κ3) is 5.70. The van der Waals surface area contributed by atoms with Crippen LogP contribution in [0.25, 0.3) is 11.1 Å². The third-order valence-electron chi connectivity index (χ3n) is 6.84. The molecule has 6 nitrogen and oxygen atoms in total. The van der Waals surface area contributed by atoms with E-state index in [0.717, 1.165) is 42.5 Å². The Labute approximate surface area is 205 Å². The molecule has 0 saturated heterocycles. The van der Waals surface area contributed by atoms with Gasteiger partial charge < -0.3 is 5.11 Å². The molecule has 0 atom stereocenters. The zero-order chi connectivity index (χ0) is 24.8. The number of carbonyl (C=O) groups excluding carboxylic acids is 1. The van der Waals surface area contributed by atoms with Crippen molar-refractivity contribution in [3.8, 4) is 11.1 Å². The number of aromatic carboxylic acids is 1. The van der Waals surface area contributed by atoms with E-state index in [0.29, 0.717) is 30.9 Å². The molecule has 1 aliphatic carbocycles. The molecule has 0 bridgehead atoms. The van der Waals surface area contributed by atoms with E-state index in [2.05, 4.69) is 0 Å². The van der Waals surface area contributed by atoms with Crippen molar-refractivity contribution in [2.45, 2.75) is 58.4 Å². The minimum absolute atomic E-state index is 0.122. The maximum atomic E-state index is 13.3. The molecule has 0 aliphatic heterocycles. The number of hydrogen-bond acceptors (Lipinski definition) is 3. The molecule has 1 aromatic heterocycles. The van der Waals surface area contributed by atoms with Crippen LogP contribution in [0.4, 0.5) is 0 Å². The van der Waals surface area contributed by atoms with Gasteiger partial charge in [-0.25, -0.2) is 14.2 Å². The summed E-state index contributed by atoms with van der Waals surface area (Å²) in [7, 11) is 0. The molecule has 0 unspecified atom stereocenters. The molecular formula is C29H32N2O4. The molecule has 35 heavy (non-hydrogen) atoms. The number of imidazole rings is 1. The quantitative estimate of drug-likeness (QED) is 0.421. The highest BCUT2D eigenvalue weighted by molar-refractivity contribution is 5.96. The number of carboxylic acid groups (broad SMARTS) is 1. The molecule has 0 radical (unpaired) electrons. The van der Waals surface area contributed by atoms with Gasteiger partial charge in [-0.3, -0.25) is 9.36 Å². The molecule has 1 fully saturated rings. The minimum Gasteiger partial charge on any atom is -0.478 e. The van der Waals surface area contributed by atoms with Crippen LogP contribution in [0.15, 0.2) is 71.7 Å². The average Bonchev–Trinajstić information content (AvgIpc) is 3.18. The van der Waals surface area contributed by atoms with E-state index in [1.165, 1.54) is 11.0 Å². The number of aromatic nitrogens is 2. The lowest BCUT2D eigenvalue weighted by atomic mass is 9.87. The smallest absolute Gasteiger partial charge is 0.336 e. The highest BCUT2D eigenvalue weighted by Gasteiger charge is 2.21. The number of rotatable bonds is 8. The maximum Gasteiger partial charge on any atom is 0.336 e. The Bertz CT molecular complexity index is 1270. The Morgan fingerprint density at radius 3 is 2.43 bits per heavy atom. The van der Waals surface area contributed by atoms with E-state index < -0.39 is 5.97 Å². The fourth-order valence-electron chi connectivity index (χ4n) is 4.91. The number of nitrogens with zero attached hydrogens (tertiary/aromatic N) is 2. The lowest BCUT2D eigenvalue weighted by Crippen LogP contribution is -2.30. The summed E-state index contributed by atoms with van der Waals surface area (Å²) in [5, 5.41) is 9.49. The van der Waals surface area contributed by atoms with Crippen LogP contribution in [0, 0.1) is 5.92 Å². The Balaban J connectivity index is 1.59. The zero-order valence-electron chi connectivity index (χ0n) is 20.2. The van der Waals surface area contributed by atoms with Gasteiger partial charge in [0.05, 0.1) is 12.1 Å². The summed E-state index contributed by atoms with van der Waals surface area (Å²) in [6.45, 7) is 2.28. The predicted octanol–water partition coefficient (Wildman–Crippen LogP) is 5.79. The van der Waals surface area contributed by atoms with Crippen molar-refractivity contribution < 1.29 is 14.7 Å². The Morgan fingerprint density at radius 2 is 1.74 bits per heavy atom. The van der Waals surface area contributed by atoms with Crippen molar-refractivity contribution in [2.75, 3.05) is 0 Å². The zero-order valence-corrected chi connectivity index (χ0v) is 20.2. The first-order valence-corrected chi connectivity index (χ1v) is 12.3. The van der Waals surface area contributed by atoms with E-state index in [9.17, 15) is 19.5 Å². The van der Waals surface area contributed by atoms with Gasteiger partial charge in [0.25, 0.3) is 0 Å². The van der Waals surface area contributed by atoms with Gasteiger partial charge in [0.1, 0.15) is 0 Å². The van der Waals surface area contributed by atoms with Crippen LogP contribution in [0.2, 0.25) is 0 Å². The Kier molecular flexibility index (Phi) is 7.80. The van der Waals surface area contributed by atoms with Crippen LogP contribution in [-0.2, 0) is 13.0 Å². The molecule has 6 heteroatoms. The molecule has 2 aromatic carbocycles. The third-order valence-corrected chi connectivity index (χ3v) is 6.84.